The fourth-order valence-electron chi connectivity index (χ4n) is 3.94. The molecule has 2 aliphatic rings. The summed E-state index contributed by atoms with van der Waals surface area (Å²) in [5, 5.41) is 6.07. The van der Waals surface area contributed by atoms with Crippen LogP contribution >= 0.6 is 0 Å². The second kappa shape index (κ2) is 9.60. The van der Waals surface area contributed by atoms with Gasteiger partial charge in [-0.3, -0.25) is 4.79 Å². The van der Waals surface area contributed by atoms with Crippen LogP contribution in [0.2, 0.25) is 0 Å². The minimum atomic E-state index is -3.55. The van der Waals surface area contributed by atoms with Crippen molar-refractivity contribution >= 4 is 21.6 Å². The third kappa shape index (κ3) is 5.17. The van der Waals surface area contributed by atoms with Gasteiger partial charge in [0.15, 0.2) is 0 Å². The van der Waals surface area contributed by atoms with Gasteiger partial charge < -0.3 is 15.4 Å². The Kier molecular flexibility index (Phi) is 7.18. The van der Waals surface area contributed by atoms with Crippen LogP contribution in [0.1, 0.15) is 51.4 Å². The van der Waals surface area contributed by atoms with E-state index in [4.69, 9.17) is 4.74 Å². The maximum atomic E-state index is 13.0. The zero-order valence-corrected chi connectivity index (χ0v) is 17.4. The number of benzene rings is 1. The quantitative estimate of drug-likeness (QED) is 0.723. The third-order valence-electron chi connectivity index (χ3n) is 5.53. The van der Waals surface area contributed by atoms with E-state index < -0.39 is 10.0 Å². The number of carbonyl (C=O) groups is 1. The third-order valence-corrected chi connectivity index (χ3v) is 7.43. The first kappa shape index (κ1) is 20.9. The Morgan fingerprint density at radius 1 is 1.11 bits per heavy atom. The van der Waals surface area contributed by atoms with Crippen molar-refractivity contribution in [2.24, 2.45) is 0 Å². The van der Waals surface area contributed by atoms with Crippen LogP contribution in [-0.4, -0.2) is 51.4 Å². The predicted molar refractivity (Wildman–Crippen MR) is 109 cm³/mol. The van der Waals surface area contributed by atoms with Gasteiger partial charge in [-0.25, -0.2) is 8.42 Å². The fraction of sp³-hybridized carbons (Fsp3) is 0.650. The molecule has 1 amide bonds. The minimum absolute atomic E-state index is 0.0834. The first-order chi connectivity index (χ1) is 13.5. The molecule has 0 atom stereocenters. The van der Waals surface area contributed by atoms with Crippen LogP contribution in [0.15, 0.2) is 23.1 Å². The highest BCUT2D eigenvalue weighted by Crippen LogP contribution is 2.29. The molecule has 7 nitrogen and oxygen atoms in total. The van der Waals surface area contributed by atoms with Crippen LogP contribution in [0.3, 0.4) is 0 Å². The molecule has 0 bridgehead atoms. The van der Waals surface area contributed by atoms with Crippen LogP contribution < -0.4 is 15.4 Å². The Morgan fingerprint density at radius 3 is 2.43 bits per heavy atom. The van der Waals surface area contributed by atoms with Crippen molar-refractivity contribution in [1.82, 2.24) is 9.62 Å². The lowest BCUT2D eigenvalue weighted by atomic mass is 10.2. The highest BCUT2D eigenvalue weighted by Gasteiger charge is 2.26. The molecule has 1 aliphatic carbocycles. The molecule has 156 valence electrons. The molecule has 1 saturated carbocycles. The molecule has 0 spiro atoms. The van der Waals surface area contributed by atoms with Gasteiger partial charge in [0, 0.05) is 19.1 Å². The molecule has 2 fully saturated rings. The van der Waals surface area contributed by atoms with Crippen LogP contribution in [0.5, 0.6) is 5.75 Å². The highest BCUT2D eigenvalue weighted by molar-refractivity contribution is 7.89. The van der Waals surface area contributed by atoms with Gasteiger partial charge in [0.1, 0.15) is 5.75 Å². The molecule has 1 aliphatic heterocycles. The van der Waals surface area contributed by atoms with Crippen molar-refractivity contribution in [2.75, 3.05) is 32.1 Å². The van der Waals surface area contributed by atoms with E-state index in [1.54, 1.807) is 22.5 Å². The number of hydrogen-bond donors (Lipinski definition) is 2. The number of methoxy groups -OCH3 is 1. The molecule has 3 rings (SSSR count). The van der Waals surface area contributed by atoms with E-state index in [-0.39, 0.29) is 23.4 Å². The van der Waals surface area contributed by atoms with Crippen LogP contribution in [-0.2, 0) is 14.8 Å². The number of sulfonamides is 1. The number of ether oxygens (including phenoxy) is 1. The van der Waals surface area contributed by atoms with Crippen molar-refractivity contribution < 1.29 is 17.9 Å². The van der Waals surface area contributed by atoms with Gasteiger partial charge >= 0.3 is 0 Å². The SMILES string of the molecule is COc1ccc(S(=O)(=O)N2CCCCCC2)cc1NCC(=O)NC1CCCC1. The van der Waals surface area contributed by atoms with Gasteiger partial charge in [0.05, 0.1) is 24.2 Å². The number of carbonyl (C=O) groups excluding carboxylic acids is 1. The molecule has 28 heavy (non-hydrogen) atoms. The van der Waals surface area contributed by atoms with E-state index in [1.807, 2.05) is 0 Å². The molecule has 2 N–H and O–H groups in total. The minimum Gasteiger partial charge on any atom is -0.495 e. The topological polar surface area (TPSA) is 87.7 Å². The van der Waals surface area contributed by atoms with Gasteiger partial charge in [-0.2, -0.15) is 4.31 Å². The van der Waals surface area contributed by atoms with E-state index >= 15 is 0 Å². The lowest BCUT2D eigenvalue weighted by molar-refractivity contribution is -0.120. The zero-order valence-electron chi connectivity index (χ0n) is 16.6. The lowest BCUT2D eigenvalue weighted by Crippen LogP contribution is -2.36. The number of nitrogens with one attached hydrogen (secondary N) is 2. The van der Waals surface area contributed by atoms with Gasteiger partial charge in [-0.1, -0.05) is 25.7 Å². The Bertz CT molecular complexity index is 768. The molecular formula is C20H31N3O4S. The molecular weight excluding hydrogens is 378 g/mol. The van der Waals surface area contributed by atoms with Crippen molar-refractivity contribution in [3.63, 3.8) is 0 Å². The van der Waals surface area contributed by atoms with Gasteiger partial charge in [0.2, 0.25) is 15.9 Å². The van der Waals surface area contributed by atoms with Crippen molar-refractivity contribution in [3.8, 4) is 5.75 Å². The Hall–Kier alpha value is -1.80. The summed E-state index contributed by atoms with van der Waals surface area (Å²) >= 11 is 0. The van der Waals surface area contributed by atoms with E-state index in [0.29, 0.717) is 24.5 Å². The van der Waals surface area contributed by atoms with Crippen molar-refractivity contribution in [3.05, 3.63) is 18.2 Å². The monoisotopic (exact) mass is 409 g/mol. The lowest BCUT2D eigenvalue weighted by Gasteiger charge is -2.21. The molecule has 0 aromatic heterocycles. The van der Waals surface area contributed by atoms with Gasteiger partial charge in [-0.05, 0) is 43.9 Å². The van der Waals surface area contributed by atoms with E-state index in [2.05, 4.69) is 10.6 Å². The average Bonchev–Trinajstić information content (AvgIpc) is 3.03. The first-order valence-electron chi connectivity index (χ1n) is 10.2. The standard InChI is InChI=1S/C20H31N3O4S/c1-27-19-11-10-17(28(25,26)23-12-6-2-3-7-13-23)14-18(19)21-15-20(24)22-16-8-4-5-9-16/h10-11,14,16,21H,2-9,12-13,15H2,1H3,(H,22,24). The Balaban J connectivity index is 1.71. The molecule has 1 heterocycles. The summed E-state index contributed by atoms with van der Waals surface area (Å²) in [6.45, 7) is 1.20. The summed E-state index contributed by atoms with van der Waals surface area (Å²) < 4.78 is 33.0. The number of amides is 1. The van der Waals surface area contributed by atoms with Gasteiger partial charge in [-0.15, -0.1) is 0 Å². The summed E-state index contributed by atoms with van der Waals surface area (Å²) in [7, 11) is -2.02. The maximum absolute atomic E-state index is 13.0. The Labute approximate surface area is 167 Å². The second-order valence-corrected chi connectivity index (χ2v) is 9.52. The zero-order chi connectivity index (χ0) is 20.0. The maximum Gasteiger partial charge on any atom is 0.243 e. The summed E-state index contributed by atoms with van der Waals surface area (Å²) in [5.41, 5.74) is 0.514. The number of nitrogens with zero attached hydrogens (tertiary/aromatic N) is 1. The van der Waals surface area contributed by atoms with Gasteiger partial charge in [0.25, 0.3) is 0 Å². The van der Waals surface area contributed by atoms with E-state index in [1.165, 1.54) is 7.11 Å². The van der Waals surface area contributed by atoms with Crippen LogP contribution in [0.25, 0.3) is 0 Å². The number of rotatable bonds is 7. The molecule has 1 aromatic carbocycles. The smallest absolute Gasteiger partial charge is 0.243 e. The van der Waals surface area contributed by atoms with Crippen LogP contribution in [0, 0.1) is 0 Å². The normalized spacial score (nSPS) is 19.2. The van der Waals surface area contributed by atoms with Crippen molar-refractivity contribution in [2.45, 2.75) is 62.3 Å². The highest BCUT2D eigenvalue weighted by atomic mass is 32.2. The molecule has 0 unspecified atom stereocenters. The summed E-state index contributed by atoms with van der Waals surface area (Å²) in [5.74, 6) is 0.429. The Morgan fingerprint density at radius 2 is 1.79 bits per heavy atom. The summed E-state index contributed by atoms with van der Waals surface area (Å²) in [6, 6.07) is 5.04. The summed E-state index contributed by atoms with van der Waals surface area (Å²) in [6.07, 6.45) is 8.28. The number of hydrogen-bond acceptors (Lipinski definition) is 5. The predicted octanol–water partition coefficient (Wildman–Crippen LogP) is 2.73. The molecule has 1 saturated heterocycles. The molecule has 0 radical (unpaired) electrons. The second-order valence-electron chi connectivity index (χ2n) is 7.58. The molecule has 1 aromatic rings. The first-order valence-corrected chi connectivity index (χ1v) is 11.7. The van der Waals surface area contributed by atoms with Crippen LogP contribution in [0.4, 0.5) is 5.69 Å². The van der Waals surface area contributed by atoms with E-state index in [0.717, 1.165) is 51.4 Å². The van der Waals surface area contributed by atoms with Crippen molar-refractivity contribution in [1.29, 1.82) is 0 Å². The fourth-order valence-corrected chi connectivity index (χ4v) is 5.48. The average molecular weight is 410 g/mol. The largest absolute Gasteiger partial charge is 0.495 e. The summed E-state index contributed by atoms with van der Waals surface area (Å²) in [4.78, 5) is 12.4. The molecule has 8 heteroatoms. The van der Waals surface area contributed by atoms with E-state index in [9.17, 15) is 13.2 Å². The number of anilines is 1.